The van der Waals surface area contributed by atoms with Gasteiger partial charge in [0.1, 0.15) is 0 Å². The first-order chi connectivity index (χ1) is 9.17. The number of hydrogen-bond donors (Lipinski definition) is 0. The molecule has 0 aliphatic carbocycles. The molecule has 0 saturated heterocycles. The third kappa shape index (κ3) is 2.57. The van der Waals surface area contributed by atoms with Gasteiger partial charge < -0.3 is 4.74 Å². The van der Waals surface area contributed by atoms with Gasteiger partial charge in [0.15, 0.2) is 5.65 Å². The van der Waals surface area contributed by atoms with E-state index in [0.717, 1.165) is 0 Å². The molecule has 2 rings (SSSR count). The van der Waals surface area contributed by atoms with Crippen molar-refractivity contribution in [2.24, 2.45) is 0 Å². The number of nitrogens with zero attached hydrogens (tertiary/aromatic N) is 3. The van der Waals surface area contributed by atoms with E-state index in [0.29, 0.717) is 17.6 Å². The summed E-state index contributed by atoms with van der Waals surface area (Å²) in [5, 5.41) is 4.17. The summed E-state index contributed by atoms with van der Waals surface area (Å²) < 4.78 is 7.43. The van der Waals surface area contributed by atoms with Crippen molar-refractivity contribution < 1.29 is 9.53 Å². The minimum atomic E-state index is -0.376. The first-order valence-electron chi connectivity index (χ1n) is 5.99. The Balaban J connectivity index is 2.31. The van der Waals surface area contributed by atoms with Gasteiger partial charge in [-0.25, -0.2) is 14.3 Å². The molecular weight excluding hydrogens is 246 g/mol. The molecule has 0 aliphatic rings. The van der Waals surface area contributed by atoms with E-state index >= 15 is 0 Å². The third-order valence-electron chi connectivity index (χ3n) is 2.83. The zero-order valence-electron chi connectivity index (χ0n) is 10.9. The van der Waals surface area contributed by atoms with Crippen molar-refractivity contribution in [3.63, 3.8) is 0 Å². The fourth-order valence-electron chi connectivity index (χ4n) is 1.79. The number of ether oxygens (including phenoxy) is 1. The molecule has 0 radical (unpaired) electrons. The first kappa shape index (κ1) is 13.1. The van der Waals surface area contributed by atoms with E-state index in [4.69, 9.17) is 0 Å². The number of carbonyl (C=O) groups excluding carboxylic acids is 1. The highest BCUT2D eigenvalue weighted by molar-refractivity contribution is 5.88. The Hall–Kier alpha value is -2.37. The van der Waals surface area contributed by atoms with Gasteiger partial charge >= 0.3 is 11.7 Å². The number of aromatic nitrogens is 3. The van der Waals surface area contributed by atoms with Gasteiger partial charge in [0.05, 0.1) is 13.7 Å². The molecular formula is C13H15N3O3. The molecule has 100 valence electrons. The maximum Gasteiger partial charge on any atom is 0.350 e. The molecule has 6 nitrogen and oxygen atoms in total. The Morgan fingerprint density at radius 2 is 2.26 bits per heavy atom. The summed E-state index contributed by atoms with van der Waals surface area (Å²) in [6.45, 7) is 2.11. The van der Waals surface area contributed by atoms with Crippen LogP contribution in [0.2, 0.25) is 0 Å². The summed E-state index contributed by atoms with van der Waals surface area (Å²) in [5.74, 6) is -0.376. The van der Waals surface area contributed by atoms with Crippen molar-refractivity contribution >= 4 is 11.6 Å². The Morgan fingerprint density at radius 3 is 2.89 bits per heavy atom. The van der Waals surface area contributed by atoms with E-state index in [-0.39, 0.29) is 18.2 Å². The number of allylic oxidation sites excluding steroid dienone is 1. The van der Waals surface area contributed by atoms with Crippen LogP contribution in [0.25, 0.3) is 5.65 Å². The van der Waals surface area contributed by atoms with Crippen LogP contribution < -0.4 is 5.69 Å². The molecule has 19 heavy (non-hydrogen) atoms. The van der Waals surface area contributed by atoms with E-state index in [1.807, 2.05) is 13.0 Å². The van der Waals surface area contributed by atoms with Crippen molar-refractivity contribution in [1.82, 2.24) is 14.2 Å². The number of carbonyl (C=O) groups is 1. The van der Waals surface area contributed by atoms with Crippen LogP contribution in [0.5, 0.6) is 0 Å². The highest BCUT2D eigenvalue weighted by atomic mass is 16.5. The molecule has 0 aromatic carbocycles. The van der Waals surface area contributed by atoms with Crippen molar-refractivity contribution in [1.29, 1.82) is 0 Å². The van der Waals surface area contributed by atoms with Crippen molar-refractivity contribution in [3.05, 3.63) is 46.5 Å². The number of methoxy groups -OCH3 is 1. The lowest BCUT2D eigenvalue weighted by Gasteiger charge is -2.01. The molecule has 0 bridgehead atoms. The quantitative estimate of drug-likeness (QED) is 0.608. The number of rotatable bonds is 4. The average molecular weight is 261 g/mol. The lowest BCUT2D eigenvalue weighted by Crippen LogP contribution is -2.20. The van der Waals surface area contributed by atoms with Crippen LogP contribution >= 0.6 is 0 Å². The summed E-state index contributed by atoms with van der Waals surface area (Å²) in [7, 11) is 1.34. The minimum absolute atomic E-state index is 0.229. The van der Waals surface area contributed by atoms with E-state index in [1.54, 1.807) is 24.4 Å². The first-order valence-corrected chi connectivity index (χ1v) is 5.99. The largest absolute Gasteiger partial charge is 0.466 e. The Labute approximate surface area is 109 Å². The fourth-order valence-corrected chi connectivity index (χ4v) is 1.79. The zero-order valence-corrected chi connectivity index (χ0v) is 10.9. The Bertz CT molecular complexity index is 682. The summed E-state index contributed by atoms with van der Waals surface area (Å²) in [6.07, 6.45) is 3.88. The summed E-state index contributed by atoms with van der Waals surface area (Å²) >= 11 is 0. The molecule has 0 fully saturated rings. The van der Waals surface area contributed by atoms with E-state index < -0.39 is 0 Å². The van der Waals surface area contributed by atoms with Crippen LogP contribution in [0, 0.1) is 0 Å². The molecule has 0 saturated carbocycles. The van der Waals surface area contributed by atoms with Crippen molar-refractivity contribution in [3.8, 4) is 0 Å². The zero-order chi connectivity index (χ0) is 13.8. The van der Waals surface area contributed by atoms with Gasteiger partial charge in [-0.1, -0.05) is 19.1 Å². The Kier molecular flexibility index (Phi) is 3.79. The van der Waals surface area contributed by atoms with Crippen LogP contribution in [-0.4, -0.2) is 27.3 Å². The van der Waals surface area contributed by atoms with Crippen LogP contribution in [0.15, 0.2) is 40.8 Å². The predicted molar refractivity (Wildman–Crippen MR) is 69.8 cm³/mol. The van der Waals surface area contributed by atoms with E-state index in [9.17, 15) is 9.59 Å². The van der Waals surface area contributed by atoms with Crippen LogP contribution in [0.4, 0.5) is 0 Å². The topological polar surface area (TPSA) is 65.6 Å². The van der Waals surface area contributed by atoms with Crippen LogP contribution in [-0.2, 0) is 16.1 Å². The summed E-state index contributed by atoms with van der Waals surface area (Å²) in [4.78, 5) is 23.4. The monoisotopic (exact) mass is 261 g/mol. The van der Waals surface area contributed by atoms with Crippen molar-refractivity contribution in [2.45, 2.75) is 19.9 Å². The summed E-state index contributed by atoms with van der Waals surface area (Å²) in [5.41, 5.74) is 0.885. The third-order valence-corrected chi connectivity index (χ3v) is 2.83. The molecule has 0 aliphatic heterocycles. The second kappa shape index (κ2) is 5.51. The lowest BCUT2D eigenvalue weighted by molar-refractivity contribution is -0.136. The molecule has 2 aromatic heterocycles. The van der Waals surface area contributed by atoms with Gasteiger partial charge in [0, 0.05) is 11.8 Å². The minimum Gasteiger partial charge on any atom is -0.466 e. The molecule has 0 N–H and O–H groups in total. The maximum atomic E-state index is 12.0. The highest BCUT2D eigenvalue weighted by Gasteiger charge is 2.08. The lowest BCUT2D eigenvalue weighted by atomic mass is 10.2. The van der Waals surface area contributed by atoms with Gasteiger partial charge in [0.2, 0.25) is 0 Å². The fraction of sp³-hybridized carbons (Fsp3) is 0.308. The smallest absolute Gasteiger partial charge is 0.350 e. The highest BCUT2D eigenvalue weighted by Crippen LogP contribution is 2.03. The average Bonchev–Trinajstić information content (AvgIpc) is 2.76. The van der Waals surface area contributed by atoms with Crippen LogP contribution in [0.3, 0.4) is 0 Å². The van der Waals surface area contributed by atoms with Gasteiger partial charge in [-0.05, 0) is 18.6 Å². The van der Waals surface area contributed by atoms with E-state index in [2.05, 4.69) is 9.84 Å². The molecule has 6 heteroatoms. The second-order valence-electron chi connectivity index (χ2n) is 3.97. The van der Waals surface area contributed by atoms with Gasteiger partial charge in [-0.15, -0.1) is 5.10 Å². The van der Waals surface area contributed by atoms with E-state index in [1.165, 1.54) is 16.2 Å². The molecule has 2 aromatic rings. The SMILES string of the molecule is CCC(=CCn1nc2ccccn2c1=O)C(=O)OC. The molecule has 0 atom stereocenters. The summed E-state index contributed by atoms with van der Waals surface area (Å²) in [6, 6.07) is 5.33. The molecule has 0 spiro atoms. The molecule has 0 unspecified atom stereocenters. The second-order valence-corrected chi connectivity index (χ2v) is 3.97. The normalized spacial score (nSPS) is 11.8. The standard InChI is InChI=1S/C13H15N3O3/c1-3-10(12(17)19-2)7-9-16-13(18)15-8-5-4-6-11(15)14-16/h4-8H,3,9H2,1-2H3. The Morgan fingerprint density at radius 1 is 1.47 bits per heavy atom. The predicted octanol–water partition coefficient (Wildman–Crippen LogP) is 1.01. The maximum absolute atomic E-state index is 12.0. The van der Waals surface area contributed by atoms with Crippen molar-refractivity contribution in [2.75, 3.05) is 7.11 Å². The number of fused-ring (bicyclic) bond motifs is 1. The molecule has 0 amide bonds. The van der Waals surface area contributed by atoms with Gasteiger partial charge in [-0.2, -0.15) is 0 Å². The number of pyridine rings is 1. The van der Waals surface area contributed by atoms with Crippen LogP contribution in [0.1, 0.15) is 13.3 Å². The number of hydrogen-bond acceptors (Lipinski definition) is 4. The van der Waals surface area contributed by atoms with Gasteiger partial charge in [-0.3, -0.25) is 4.40 Å². The van der Waals surface area contributed by atoms with Gasteiger partial charge in [0.25, 0.3) is 0 Å². The number of esters is 1. The molecule has 2 heterocycles.